The molecule has 0 aromatic rings. The zero-order chi connectivity index (χ0) is 56.9. The molecule has 0 rings (SSSR count). The number of rotatable bonds is 55. The Morgan fingerprint density at radius 3 is 1.05 bits per heavy atom. The third kappa shape index (κ3) is 56.6. The van der Waals surface area contributed by atoms with Crippen molar-refractivity contribution in [3.63, 3.8) is 0 Å². The summed E-state index contributed by atoms with van der Waals surface area (Å²) in [5.41, 5.74) is 0. The quantitative estimate of drug-likeness (QED) is 0.0197. The first kappa shape index (κ1) is 73.9. The van der Waals surface area contributed by atoms with E-state index in [0.29, 0.717) is 19.3 Å². The van der Waals surface area contributed by atoms with Crippen LogP contribution in [0.1, 0.15) is 239 Å². The van der Waals surface area contributed by atoms with Crippen LogP contribution >= 0.6 is 7.82 Å². The number of ether oxygens (including phenoxy) is 3. The summed E-state index contributed by atoms with van der Waals surface area (Å²) in [5.74, 6) is -1.55. The first-order valence-electron chi connectivity index (χ1n) is 30.4. The van der Waals surface area contributed by atoms with E-state index < -0.39 is 57.8 Å². The highest BCUT2D eigenvalue weighted by Crippen LogP contribution is 2.43. The lowest BCUT2D eigenvalue weighted by Crippen LogP contribution is -2.30. The maximum Gasteiger partial charge on any atom is 0.472 e. The molecule has 0 saturated heterocycles. The van der Waals surface area contributed by atoms with Crippen LogP contribution in [0.4, 0.5) is 0 Å². The average Bonchev–Trinajstić information content (AvgIpc) is 3.43. The molecule has 12 heteroatoms. The zero-order valence-electron chi connectivity index (χ0n) is 49.1. The number of unbranched alkanes of at least 4 members (excludes halogenated alkanes) is 18. The number of phosphoric acid groups is 1. The van der Waals surface area contributed by atoms with E-state index in [9.17, 15) is 28.9 Å². The van der Waals surface area contributed by atoms with Crippen molar-refractivity contribution in [2.24, 2.45) is 0 Å². The zero-order valence-corrected chi connectivity index (χ0v) is 50.0. The van der Waals surface area contributed by atoms with Gasteiger partial charge in [0.05, 0.1) is 19.8 Å². The number of esters is 3. The van der Waals surface area contributed by atoms with Crippen LogP contribution in [0, 0.1) is 0 Å². The minimum absolute atomic E-state index is 0.140. The molecule has 3 unspecified atom stereocenters. The van der Waals surface area contributed by atoms with Gasteiger partial charge in [-0.05, 0) is 128 Å². The Kier molecular flexibility index (Phi) is 55.9. The Hall–Kier alpha value is -4.12. The van der Waals surface area contributed by atoms with Crippen molar-refractivity contribution in [1.29, 1.82) is 0 Å². The van der Waals surface area contributed by atoms with Crippen molar-refractivity contribution < 1.29 is 52.2 Å². The molecule has 0 radical (unpaired) electrons. The molecule has 0 spiro atoms. The fourth-order valence-corrected chi connectivity index (χ4v) is 8.56. The molecule has 3 atom stereocenters. The lowest BCUT2D eigenvalue weighted by Gasteiger charge is -2.21. The van der Waals surface area contributed by atoms with Gasteiger partial charge in [-0.3, -0.25) is 23.4 Å². The molecular formula is C66H109O11P. The summed E-state index contributed by atoms with van der Waals surface area (Å²) < 4.78 is 39.5. The van der Waals surface area contributed by atoms with Crippen molar-refractivity contribution in [3.8, 4) is 0 Å². The van der Waals surface area contributed by atoms with E-state index in [0.717, 1.165) is 128 Å². The Morgan fingerprint density at radius 2 is 0.667 bits per heavy atom. The number of carbonyl (C=O) groups is 3. The standard InChI is InChI=1S/C66H109O11P/c1-4-7-10-13-16-19-22-25-28-30-31-33-36-39-42-45-48-51-54-57-66(70)77-63(59-73-64(68)55-52-49-46-43-40-37-34-27-24-21-18-15-12-9-6-3)61-75-78(71,72)74-60-62(58-67)76-65(69)56-53-50-47-44-41-38-35-32-29-26-23-20-17-14-11-8-5-2/h8-9,11-12,16-21,25-29,34-35,38,40,43,62-63,67H,4-7,10,13-15,22-24,30-33,36-37,39,41-42,44-61H2,1-3H3,(H,71,72)/b11-8-,12-9-,19-16-,20-17-,21-18-,28-25-,29-26-,34-27-,38-35-,43-40-. The predicted molar refractivity (Wildman–Crippen MR) is 325 cm³/mol. The number of phosphoric ester groups is 1. The second-order valence-electron chi connectivity index (χ2n) is 19.7. The molecule has 0 aromatic heterocycles. The van der Waals surface area contributed by atoms with Gasteiger partial charge in [0.1, 0.15) is 12.7 Å². The largest absolute Gasteiger partial charge is 0.472 e. The van der Waals surface area contributed by atoms with Crippen LogP contribution in [0.5, 0.6) is 0 Å². The van der Waals surface area contributed by atoms with Gasteiger partial charge in [-0.1, -0.05) is 213 Å². The van der Waals surface area contributed by atoms with Crippen LogP contribution < -0.4 is 0 Å². The van der Waals surface area contributed by atoms with E-state index in [1.54, 1.807) is 0 Å². The summed E-state index contributed by atoms with van der Waals surface area (Å²) in [6, 6.07) is 0. The summed E-state index contributed by atoms with van der Waals surface area (Å²) in [5, 5.41) is 9.84. The fourth-order valence-electron chi connectivity index (χ4n) is 7.78. The van der Waals surface area contributed by atoms with Gasteiger partial charge in [0.15, 0.2) is 6.10 Å². The normalized spacial score (nSPS) is 14.2. The molecule has 0 aliphatic heterocycles. The summed E-state index contributed by atoms with van der Waals surface area (Å²) in [4.78, 5) is 48.7. The Labute approximate surface area is 475 Å². The minimum Gasteiger partial charge on any atom is -0.462 e. The molecule has 444 valence electrons. The third-order valence-electron chi connectivity index (χ3n) is 12.3. The van der Waals surface area contributed by atoms with Crippen LogP contribution in [-0.4, -0.2) is 66.5 Å². The molecular weight excluding hydrogens is 1000 g/mol. The van der Waals surface area contributed by atoms with Crippen LogP contribution in [-0.2, 0) is 42.2 Å². The molecule has 11 nitrogen and oxygen atoms in total. The summed E-state index contributed by atoms with van der Waals surface area (Å²) in [6.07, 6.45) is 72.9. The van der Waals surface area contributed by atoms with E-state index in [2.05, 4.69) is 142 Å². The monoisotopic (exact) mass is 1110 g/mol. The molecule has 78 heavy (non-hydrogen) atoms. The highest BCUT2D eigenvalue weighted by atomic mass is 31.2. The SMILES string of the molecule is CC/C=C\C/C=C\C/C=C\C/C=C\CCCCCCC(=O)OC(CO)COP(=O)(O)OCC(COC(=O)CCCC/C=C\C/C=C\C/C=C\C/C=C\CC)OC(=O)CCCCCCCCCCC/C=C\C/C=C\CCCCC. The number of hydrogen-bond acceptors (Lipinski definition) is 10. The van der Waals surface area contributed by atoms with Crippen molar-refractivity contribution >= 4 is 25.7 Å². The van der Waals surface area contributed by atoms with E-state index in [4.69, 9.17) is 23.3 Å². The first-order valence-corrected chi connectivity index (χ1v) is 31.9. The van der Waals surface area contributed by atoms with Crippen LogP contribution in [0.15, 0.2) is 122 Å². The Bertz CT molecular complexity index is 1770. The molecule has 0 aliphatic carbocycles. The average molecular weight is 1110 g/mol. The van der Waals surface area contributed by atoms with Crippen molar-refractivity contribution in [1.82, 2.24) is 0 Å². The van der Waals surface area contributed by atoms with Crippen molar-refractivity contribution in [3.05, 3.63) is 122 Å². The molecule has 0 aromatic carbocycles. The molecule has 2 N–H and O–H groups in total. The fraction of sp³-hybridized carbons (Fsp3) is 0.652. The second kappa shape index (κ2) is 59.0. The van der Waals surface area contributed by atoms with Crippen molar-refractivity contribution in [2.75, 3.05) is 26.4 Å². The van der Waals surface area contributed by atoms with E-state index in [1.807, 2.05) is 0 Å². The van der Waals surface area contributed by atoms with E-state index in [-0.39, 0.29) is 25.9 Å². The highest BCUT2D eigenvalue weighted by Gasteiger charge is 2.28. The van der Waals surface area contributed by atoms with E-state index >= 15 is 0 Å². The maximum atomic E-state index is 12.9. The molecule has 0 saturated carbocycles. The number of aliphatic hydroxyl groups is 1. The Morgan fingerprint density at radius 1 is 0.372 bits per heavy atom. The van der Waals surface area contributed by atoms with Gasteiger partial charge < -0.3 is 24.2 Å². The third-order valence-corrected chi connectivity index (χ3v) is 13.3. The van der Waals surface area contributed by atoms with Gasteiger partial charge in [-0.2, -0.15) is 0 Å². The van der Waals surface area contributed by atoms with Gasteiger partial charge >= 0.3 is 25.7 Å². The van der Waals surface area contributed by atoms with Gasteiger partial charge in [0, 0.05) is 19.3 Å². The number of allylic oxidation sites excluding steroid dienone is 20. The van der Waals surface area contributed by atoms with E-state index in [1.165, 1.54) is 51.4 Å². The maximum absolute atomic E-state index is 12.9. The molecule has 0 heterocycles. The van der Waals surface area contributed by atoms with Crippen LogP contribution in [0.25, 0.3) is 0 Å². The first-order chi connectivity index (χ1) is 38.2. The predicted octanol–water partition coefficient (Wildman–Crippen LogP) is 18.4. The molecule has 0 bridgehead atoms. The lowest BCUT2D eigenvalue weighted by atomic mass is 10.1. The van der Waals surface area contributed by atoms with Crippen LogP contribution in [0.2, 0.25) is 0 Å². The second-order valence-corrected chi connectivity index (χ2v) is 21.2. The highest BCUT2D eigenvalue weighted by molar-refractivity contribution is 7.47. The summed E-state index contributed by atoms with van der Waals surface area (Å²) in [6.45, 7) is 4.31. The molecule has 0 fully saturated rings. The Balaban J connectivity index is 4.80. The van der Waals surface area contributed by atoms with Crippen molar-refractivity contribution in [2.45, 2.75) is 251 Å². The number of aliphatic hydroxyl groups excluding tert-OH is 1. The summed E-state index contributed by atoms with van der Waals surface area (Å²) >= 11 is 0. The number of hydrogen-bond donors (Lipinski definition) is 2. The lowest BCUT2D eigenvalue weighted by molar-refractivity contribution is -0.161. The van der Waals surface area contributed by atoms with Gasteiger partial charge in [-0.25, -0.2) is 4.57 Å². The van der Waals surface area contributed by atoms with Gasteiger partial charge in [0.25, 0.3) is 0 Å². The van der Waals surface area contributed by atoms with Gasteiger partial charge in [0.2, 0.25) is 0 Å². The number of carbonyl (C=O) groups excluding carboxylic acids is 3. The topological polar surface area (TPSA) is 155 Å². The van der Waals surface area contributed by atoms with Gasteiger partial charge in [-0.15, -0.1) is 0 Å². The smallest absolute Gasteiger partial charge is 0.462 e. The summed E-state index contributed by atoms with van der Waals surface area (Å²) in [7, 11) is -4.78. The molecule has 0 amide bonds. The van der Waals surface area contributed by atoms with Crippen LogP contribution in [0.3, 0.4) is 0 Å². The minimum atomic E-state index is -4.78. The molecule has 0 aliphatic rings.